The molecule has 5 aromatic rings. The number of primary amides is 1. The number of aryl methyl sites for hydroxylation is 2. The van der Waals surface area contributed by atoms with Crippen LogP contribution in [-0.4, -0.2) is 35.7 Å². The Morgan fingerprint density at radius 3 is 2.47 bits per heavy atom. The molecule has 2 heterocycles. The molecule has 1 amide bonds. The second kappa shape index (κ2) is 12.2. The van der Waals surface area contributed by atoms with Gasteiger partial charge in [0.25, 0.3) is 0 Å². The van der Waals surface area contributed by atoms with E-state index in [0.717, 1.165) is 57.6 Å². The minimum Gasteiger partial charge on any atom is -1.00 e. The maximum Gasteiger partial charge on any atom is 1.00 e. The van der Waals surface area contributed by atoms with Crippen LogP contribution < -0.4 is 69.5 Å². The Bertz CT molecular complexity index is 1480. The smallest absolute Gasteiger partial charge is 1.00 e. The van der Waals surface area contributed by atoms with Crippen LogP contribution in [0.15, 0.2) is 67.0 Å². The van der Waals surface area contributed by atoms with Crippen LogP contribution in [-0.2, 0) is 13.0 Å². The number of amides is 1. The number of hydrogen-bond acceptors (Lipinski definition) is 5. The van der Waals surface area contributed by atoms with Gasteiger partial charge in [0.15, 0.2) is 0 Å². The van der Waals surface area contributed by atoms with E-state index in [1.54, 1.807) is 11.0 Å². The second-order valence-corrected chi connectivity index (χ2v) is 8.36. The first-order valence-electron chi connectivity index (χ1n) is 11.3. The predicted molar refractivity (Wildman–Crippen MR) is 131 cm³/mol. The number of halogens is 1. The molecule has 0 unspecified atom stereocenters. The van der Waals surface area contributed by atoms with Gasteiger partial charge in [0.05, 0.1) is 16.7 Å². The molecule has 0 saturated heterocycles. The minimum atomic E-state index is -0.430. The molecule has 8 nitrogen and oxygen atoms in total. The molecule has 2 N–H and O–H groups in total. The van der Waals surface area contributed by atoms with Crippen LogP contribution in [0.5, 0.6) is 0 Å². The van der Waals surface area contributed by atoms with Crippen molar-refractivity contribution in [3.63, 3.8) is 0 Å². The van der Waals surface area contributed by atoms with Crippen LogP contribution in [0.25, 0.3) is 27.8 Å². The number of fused-ring (bicyclic) bond motifs is 1. The Hall–Kier alpha value is -2.40. The molecule has 0 saturated carbocycles. The van der Waals surface area contributed by atoms with Crippen LogP contribution in [0.2, 0.25) is 0 Å². The molecule has 0 atom stereocenters. The van der Waals surface area contributed by atoms with E-state index in [1.165, 1.54) is 0 Å². The summed E-state index contributed by atoms with van der Waals surface area (Å²) in [5, 5.41) is 11.5. The van der Waals surface area contributed by atoms with Crippen LogP contribution in [0.1, 0.15) is 40.7 Å². The average molecular weight is 526 g/mol. The molecule has 0 spiro atoms. The van der Waals surface area contributed by atoms with Gasteiger partial charge >= 0.3 is 51.4 Å². The van der Waals surface area contributed by atoms with E-state index in [2.05, 4.69) is 57.3 Å². The Balaban J connectivity index is 0.00000180. The normalized spacial score (nSPS) is 10.6. The van der Waals surface area contributed by atoms with E-state index in [4.69, 9.17) is 10.7 Å². The maximum atomic E-state index is 11.9. The van der Waals surface area contributed by atoms with E-state index in [0.29, 0.717) is 12.1 Å². The van der Waals surface area contributed by atoms with Gasteiger partial charge in [-0.25, -0.2) is 4.98 Å². The number of imidazole rings is 1. The van der Waals surface area contributed by atoms with Crippen molar-refractivity contribution in [1.82, 2.24) is 29.8 Å². The summed E-state index contributed by atoms with van der Waals surface area (Å²) in [7, 11) is 0. The number of nitrogens with two attached hydrogens (primary N) is 1. The van der Waals surface area contributed by atoms with E-state index < -0.39 is 5.91 Å². The predicted octanol–water partition coefficient (Wildman–Crippen LogP) is -1.90. The van der Waals surface area contributed by atoms with Gasteiger partial charge in [-0.15, -0.1) is 5.10 Å². The third-order valence-corrected chi connectivity index (χ3v) is 5.99. The van der Waals surface area contributed by atoms with E-state index >= 15 is 0 Å². The first-order chi connectivity index (χ1) is 16.5. The molecule has 0 aliphatic carbocycles. The van der Waals surface area contributed by atoms with Crippen LogP contribution >= 0.6 is 0 Å². The molecule has 0 radical (unpaired) electrons. The van der Waals surface area contributed by atoms with Gasteiger partial charge in [-0.2, -0.15) is 4.68 Å². The summed E-state index contributed by atoms with van der Waals surface area (Å²) in [6, 6.07) is 20.2. The molecule has 0 aliphatic heterocycles. The van der Waals surface area contributed by atoms with E-state index in [-0.39, 0.29) is 63.8 Å². The van der Waals surface area contributed by atoms with Crippen molar-refractivity contribution in [1.29, 1.82) is 0 Å². The third kappa shape index (κ3) is 5.61. The second-order valence-electron chi connectivity index (χ2n) is 8.36. The van der Waals surface area contributed by atoms with Crippen LogP contribution in [0.3, 0.4) is 0 Å². The fourth-order valence-electron chi connectivity index (χ4n) is 4.34. The van der Waals surface area contributed by atoms with Crippen molar-refractivity contribution in [2.24, 2.45) is 5.73 Å². The van der Waals surface area contributed by atoms with Gasteiger partial charge < -0.3 is 22.7 Å². The molecule has 2 aromatic heterocycles. The number of carbonyl (C=O) groups is 1. The van der Waals surface area contributed by atoms with Crippen LogP contribution in [0, 0.1) is 6.92 Å². The summed E-state index contributed by atoms with van der Waals surface area (Å²) < 4.78 is 3.86. The third-order valence-electron chi connectivity index (χ3n) is 5.99. The summed E-state index contributed by atoms with van der Waals surface area (Å²) in [5.74, 6) is 0.579. The summed E-state index contributed by atoms with van der Waals surface area (Å²) in [4.78, 5) is 16.8. The number of carbonyl (C=O) groups excluding carboxylic acids is 1. The molecule has 0 aliphatic rings. The standard InChI is InChI=1S/C26H25N7O.ClH.K/c1-3-6-24-29-25-17(2)13-20(26(27)34)14-23(25)32(24)15-18-9-11-19(12-10-18)21-7-4-5-8-22(21)33-16-28-30-31-33;;/h4-5,7-14,16H,3,6,15H2,1-2H3,(H2,27,34);1H;/q;;+1/p-1. The minimum absolute atomic E-state index is 0. The first-order valence-corrected chi connectivity index (χ1v) is 11.3. The molecule has 178 valence electrons. The maximum absolute atomic E-state index is 11.9. The number of tetrazole rings is 1. The molecule has 10 heteroatoms. The number of rotatable bonds is 7. The summed E-state index contributed by atoms with van der Waals surface area (Å²) >= 11 is 0. The average Bonchev–Trinajstić information content (AvgIpc) is 3.49. The van der Waals surface area contributed by atoms with Crippen molar-refractivity contribution < 1.29 is 68.6 Å². The van der Waals surface area contributed by atoms with Gasteiger partial charge in [0, 0.05) is 24.1 Å². The zero-order valence-electron chi connectivity index (χ0n) is 20.5. The number of para-hydroxylation sites is 1. The van der Waals surface area contributed by atoms with Gasteiger partial charge in [-0.3, -0.25) is 4.79 Å². The van der Waals surface area contributed by atoms with Crippen molar-refractivity contribution in [2.45, 2.75) is 33.2 Å². The zero-order chi connectivity index (χ0) is 23.7. The number of benzene rings is 3. The molecule has 36 heavy (non-hydrogen) atoms. The summed E-state index contributed by atoms with van der Waals surface area (Å²) in [6.07, 6.45) is 3.43. The largest absolute Gasteiger partial charge is 1.00 e. The first kappa shape index (κ1) is 28.2. The van der Waals surface area contributed by atoms with Crippen molar-refractivity contribution in [2.75, 3.05) is 0 Å². The Morgan fingerprint density at radius 1 is 1.06 bits per heavy atom. The Labute approximate surface area is 258 Å². The SMILES string of the molecule is CCCc1nc2c(C)cc(C(N)=O)cc2n1Cc1ccc(-c2ccccc2-n2cnnn2)cc1.[Cl-].[K+]. The van der Waals surface area contributed by atoms with Gasteiger partial charge in [-0.05, 0) is 58.7 Å². The number of hydrogen-bond donors (Lipinski definition) is 1. The monoisotopic (exact) mass is 525 g/mol. The number of aromatic nitrogens is 6. The molecular weight excluding hydrogens is 501 g/mol. The molecular formula is C26H25ClKN7O. The van der Waals surface area contributed by atoms with Crippen molar-refractivity contribution >= 4 is 16.9 Å². The van der Waals surface area contributed by atoms with Gasteiger partial charge in [-0.1, -0.05) is 49.4 Å². The summed E-state index contributed by atoms with van der Waals surface area (Å²) in [6.45, 7) is 4.77. The quantitative estimate of drug-likeness (QED) is 0.250. The molecule has 5 rings (SSSR count). The van der Waals surface area contributed by atoms with Crippen molar-refractivity contribution in [3.05, 3.63) is 89.5 Å². The molecule has 0 fully saturated rings. The molecule has 3 aromatic carbocycles. The van der Waals surface area contributed by atoms with Crippen molar-refractivity contribution in [3.8, 4) is 16.8 Å². The summed E-state index contributed by atoms with van der Waals surface area (Å²) in [5.41, 5.74) is 13.1. The Morgan fingerprint density at radius 2 is 1.81 bits per heavy atom. The van der Waals surface area contributed by atoms with Gasteiger partial charge in [0.1, 0.15) is 12.2 Å². The van der Waals surface area contributed by atoms with E-state index in [1.807, 2.05) is 37.3 Å². The fourth-order valence-corrected chi connectivity index (χ4v) is 4.34. The molecule has 0 bridgehead atoms. The van der Waals surface area contributed by atoms with Crippen LogP contribution in [0.4, 0.5) is 0 Å². The Kier molecular flexibility index (Phi) is 9.57. The number of nitrogens with zero attached hydrogens (tertiary/aromatic N) is 6. The van der Waals surface area contributed by atoms with E-state index in [9.17, 15) is 4.79 Å². The van der Waals surface area contributed by atoms with Gasteiger partial charge in [0.2, 0.25) is 5.91 Å². The zero-order valence-corrected chi connectivity index (χ0v) is 24.4. The topological polar surface area (TPSA) is 105 Å². The fraction of sp³-hybridized carbons (Fsp3) is 0.192.